The van der Waals surface area contributed by atoms with E-state index in [0.717, 1.165) is 16.9 Å². The highest BCUT2D eigenvalue weighted by atomic mass is 79.9. The molecule has 0 unspecified atom stereocenters. The van der Waals surface area contributed by atoms with E-state index in [4.69, 9.17) is 9.47 Å². The molecule has 0 aromatic heterocycles. The molecule has 1 fully saturated rings. The SMILES string of the molecule is COC(=O)[C@]1(C#N)[C@H](c2ccc(N(C)C)cc2)[C@H](C(=O)c2ccc(OC)c(Br)c2)N2c3ccccc3C=C[C@H]21. The Hall–Kier alpha value is -4.09. The number of carbonyl (C=O) groups excluding carboxylic acids is 2. The lowest BCUT2D eigenvalue weighted by molar-refractivity contribution is -0.150. The highest BCUT2D eigenvalue weighted by Gasteiger charge is 2.67. The number of anilines is 2. The molecule has 4 atom stereocenters. The van der Waals surface area contributed by atoms with E-state index < -0.39 is 29.4 Å². The molecule has 2 aliphatic heterocycles. The van der Waals surface area contributed by atoms with Crippen LogP contribution in [-0.2, 0) is 9.53 Å². The molecular weight excluding hydrogens is 558 g/mol. The Morgan fingerprint density at radius 3 is 2.38 bits per heavy atom. The Morgan fingerprint density at radius 1 is 1.05 bits per heavy atom. The van der Waals surface area contributed by atoms with Crippen LogP contribution in [0, 0.1) is 16.7 Å². The number of methoxy groups -OCH3 is 2. The van der Waals surface area contributed by atoms with Crippen molar-refractivity contribution in [3.05, 3.63) is 94.0 Å². The summed E-state index contributed by atoms with van der Waals surface area (Å²) in [4.78, 5) is 32.1. The standard InChI is InChI=1S/C31H28BrN3O4/c1-34(2)22-13-9-20(10-14-22)27-28(29(36)21-11-15-25(38-3)23(32)17-21)35-24-8-6-5-7-19(24)12-16-26(35)31(27,18-33)30(37)39-4/h5-17,26-28H,1-4H3/t26-,27+,28+,31-/m0/s1. The van der Waals surface area contributed by atoms with Gasteiger partial charge in [-0.3, -0.25) is 9.59 Å². The maximum absolute atomic E-state index is 14.5. The van der Waals surface area contributed by atoms with E-state index in [9.17, 15) is 14.9 Å². The third-order valence-electron chi connectivity index (χ3n) is 7.73. The van der Waals surface area contributed by atoms with Gasteiger partial charge in [0.2, 0.25) is 0 Å². The summed E-state index contributed by atoms with van der Waals surface area (Å²) in [6, 6.07) is 21.3. The molecule has 8 heteroatoms. The number of hydrogen-bond acceptors (Lipinski definition) is 7. The molecule has 198 valence electrons. The number of carbonyl (C=O) groups is 2. The smallest absolute Gasteiger partial charge is 0.329 e. The van der Waals surface area contributed by atoms with Crippen molar-refractivity contribution in [2.45, 2.75) is 18.0 Å². The van der Waals surface area contributed by atoms with Gasteiger partial charge in [-0.15, -0.1) is 0 Å². The van der Waals surface area contributed by atoms with Gasteiger partial charge in [-0.05, 0) is 63.5 Å². The zero-order valence-corrected chi connectivity index (χ0v) is 23.7. The van der Waals surface area contributed by atoms with Crippen molar-refractivity contribution >= 4 is 45.1 Å². The highest BCUT2D eigenvalue weighted by molar-refractivity contribution is 9.10. The van der Waals surface area contributed by atoms with Crippen LogP contribution in [0.4, 0.5) is 11.4 Å². The lowest BCUT2D eigenvalue weighted by atomic mass is 9.68. The summed E-state index contributed by atoms with van der Waals surface area (Å²) >= 11 is 3.50. The summed E-state index contributed by atoms with van der Waals surface area (Å²) in [5, 5.41) is 10.8. The first-order valence-corrected chi connectivity index (χ1v) is 13.3. The first-order chi connectivity index (χ1) is 18.8. The third-order valence-corrected chi connectivity index (χ3v) is 8.35. The van der Waals surface area contributed by atoms with Crippen LogP contribution in [0.3, 0.4) is 0 Å². The van der Waals surface area contributed by atoms with Gasteiger partial charge >= 0.3 is 5.97 Å². The van der Waals surface area contributed by atoms with Crippen molar-refractivity contribution < 1.29 is 19.1 Å². The fraction of sp³-hybridized carbons (Fsp3) is 0.258. The first-order valence-electron chi connectivity index (χ1n) is 12.5. The highest BCUT2D eigenvalue weighted by Crippen LogP contribution is 2.56. The Kier molecular flexibility index (Phi) is 6.96. The number of rotatable bonds is 6. The van der Waals surface area contributed by atoms with Crippen LogP contribution in [-0.4, -0.2) is 52.2 Å². The van der Waals surface area contributed by atoms with Crippen molar-refractivity contribution in [2.75, 3.05) is 38.1 Å². The molecule has 2 heterocycles. The van der Waals surface area contributed by atoms with E-state index in [2.05, 4.69) is 22.0 Å². The van der Waals surface area contributed by atoms with E-state index in [-0.39, 0.29) is 5.78 Å². The molecule has 0 aliphatic carbocycles. The molecule has 1 saturated heterocycles. The molecule has 3 aromatic rings. The topological polar surface area (TPSA) is 82.9 Å². The quantitative estimate of drug-likeness (QED) is 0.280. The van der Waals surface area contributed by atoms with E-state index in [0.29, 0.717) is 21.3 Å². The number of nitrogens with zero attached hydrogens (tertiary/aromatic N) is 3. The maximum Gasteiger partial charge on any atom is 0.329 e. The summed E-state index contributed by atoms with van der Waals surface area (Å²) < 4.78 is 11.3. The van der Waals surface area contributed by atoms with Gasteiger partial charge < -0.3 is 19.3 Å². The largest absolute Gasteiger partial charge is 0.496 e. The number of para-hydroxylation sites is 1. The molecular formula is C31H28BrN3O4. The van der Waals surface area contributed by atoms with E-state index >= 15 is 0 Å². The van der Waals surface area contributed by atoms with Crippen molar-refractivity contribution in [2.24, 2.45) is 5.41 Å². The van der Waals surface area contributed by atoms with Crippen molar-refractivity contribution in [1.82, 2.24) is 0 Å². The van der Waals surface area contributed by atoms with E-state index in [1.165, 1.54) is 7.11 Å². The molecule has 39 heavy (non-hydrogen) atoms. The van der Waals surface area contributed by atoms with Crippen LogP contribution in [0.15, 0.2) is 77.3 Å². The van der Waals surface area contributed by atoms with Gasteiger partial charge in [0.1, 0.15) is 11.8 Å². The fourth-order valence-electron chi connectivity index (χ4n) is 5.88. The van der Waals surface area contributed by atoms with Gasteiger partial charge in [0.05, 0.1) is 30.8 Å². The van der Waals surface area contributed by atoms with Crippen LogP contribution in [0.2, 0.25) is 0 Å². The minimum atomic E-state index is -1.68. The summed E-state index contributed by atoms with van der Waals surface area (Å²) in [6.07, 6.45) is 3.76. The number of ether oxygens (including phenoxy) is 2. The van der Waals surface area contributed by atoms with Crippen molar-refractivity contribution in [1.29, 1.82) is 5.26 Å². The molecule has 0 saturated carbocycles. The third kappa shape index (κ3) is 4.09. The van der Waals surface area contributed by atoms with Gasteiger partial charge in [0.15, 0.2) is 11.2 Å². The first kappa shape index (κ1) is 26.5. The van der Waals surface area contributed by atoms with E-state index in [1.54, 1.807) is 25.3 Å². The Morgan fingerprint density at radius 2 is 1.77 bits per heavy atom. The van der Waals surface area contributed by atoms with E-state index in [1.807, 2.05) is 84.6 Å². The van der Waals surface area contributed by atoms with Gasteiger partial charge in [-0.1, -0.05) is 42.5 Å². The van der Waals surface area contributed by atoms with Gasteiger partial charge in [-0.2, -0.15) is 5.26 Å². The van der Waals surface area contributed by atoms with Crippen LogP contribution >= 0.6 is 15.9 Å². The van der Waals surface area contributed by atoms with Gasteiger partial charge in [0, 0.05) is 37.0 Å². The molecule has 0 amide bonds. The predicted octanol–water partition coefficient (Wildman–Crippen LogP) is 5.46. The van der Waals surface area contributed by atoms with Crippen LogP contribution in [0.5, 0.6) is 5.75 Å². The van der Waals surface area contributed by atoms with Gasteiger partial charge in [-0.25, -0.2) is 0 Å². The van der Waals surface area contributed by atoms with Gasteiger partial charge in [0.25, 0.3) is 0 Å². The van der Waals surface area contributed by atoms with Crippen LogP contribution in [0.1, 0.15) is 27.4 Å². The molecule has 0 N–H and O–H groups in total. The monoisotopic (exact) mass is 585 g/mol. The second-order valence-electron chi connectivity index (χ2n) is 9.86. The van der Waals surface area contributed by atoms with Crippen LogP contribution < -0.4 is 14.5 Å². The minimum absolute atomic E-state index is 0.212. The number of Topliss-reactive ketones (excluding diaryl/α,β-unsaturated/α-hetero) is 1. The number of ketones is 1. The summed E-state index contributed by atoms with van der Waals surface area (Å²) in [5.74, 6) is -1.10. The lowest BCUT2D eigenvalue weighted by Gasteiger charge is -2.36. The van der Waals surface area contributed by atoms with Crippen LogP contribution in [0.25, 0.3) is 6.08 Å². The zero-order chi connectivity index (χ0) is 27.9. The van der Waals surface area contributed by atoms with Crippen molar-refractivity contribution in [3.8, 4) is 11.8 Å². The number of hydrogen-bond donors (Lipinski definition) is 0. The number of fused-ring (bicyclic) bond motifs is 3. The minimum Gasteiger partial charge on any atom is -0.496 e. The number of nitriles is 1. The second-order valence-corrected chi connectivity index (χ2v) is 10.7. The molecule has 0 spiro atoms. The molecule has 0 bridgehead atoms. The maximum atomic E-state index is 14.5. The number of halogens is 1. The number of esters is 1. The predicted molar refractivity (Wildman–Crippen MR) is 154 cm³/mol. The normalized spacial score (nSPS) is 22.9. The van der Waals surface area contributed by atoms with Crippen molar-refractivity contribution in [3.63, 3.8) is 0 Å². The second kappa shape index (κ2) is 10.2. The summed E-state index contributed by atoms with van der Waals surface area (Å²) in [6.45, 7) is 0. The summed E-state index contributed by atoms with van der Waals surface area (Å²) in [7, 11) is 6.72. The number of benzene rings is 3. The molecule has 5 rings (SSSR count). The lowest BCUT2D eigenvalue weighted by Crippen LogP contribution is -2.46. The Labute approximate surface area is 236 Å². The average molecular weight is 586 g/mol. The zero-order valence-electron chi connectivity index (χ0n) is 22.1. The Balaban J connectivity index is 1.78. The molecule has 2 aliphatic rings. The fourth-order valence-corrected chi connectivity index (χ4v) is 6.42. The Bertz CT molecular complexity index is 1510. The average Bonchev–Trinajstić information content (AvgIpc) is 3.28. The molecule has 0 radical (unpaired) electrons. The molecule has 7 nitrogen and oxygen atoms in total. The molecule has 3 aromatic carbocycles. The summed E-state index contributed by atoms with van der Waals surface area (Å²) in [5.41, 5.74) is 2.12.